The van der Waals surface area contributed by atoms with E-state index in [4.69, 9.17) is 0 Å². The highest BCUT2D eigenvalue weighted by Gasteiger charge is 2.20. The number of rotatable bonds is 6. The first-order chi connectivity index (χ1) is 12.1. The molecule has 1 heterocycles. The van der Waals surface area contributed by atoms with Gasteiger partial charge in [0.25, 0.3) is 0 Å². The van der Waals surface area contributed by atoms with Crippen LogP contribution in [-0.2, 0) is 11.3 Å². The normalized spacial score (nSPS) is 11.7. The molecule has 0 aliphatic carbocycles. The van der Waals surface area contributed by atoms with E-state index in [-0.39, 0.29) is 11.6 Å². The number of carbonyl (C=O) groups is 1. The van der Waals surface area contributed by atoms with Crippen LogP contribution in [0.4, 0.5) is 8.78 Å². The molecule has 2 rings (SSSR count). The molecule has 0 saturated heterocycles. The van der Waals surface area contributed by atoms with Crippen LogP contribution in [0.3, 0.4) is 0 Å². The molecule has 2 N–H and O–H groups in total. The number of benzene rings is 1. The molecule has 0 fully saturated rings. The van der Waals surface area contributed by atoms with Crippen molar-refractivity contribution < 1.29 is 13.6 Å². The third-order valence-corrected chi connectivity index (χ3v) is 4.15. The van der Waals surface area contributed by atoms with Gasteiger partial charge in [-0.2, -0.15) is 5.10 Å². The molecule has 0 saturated carbocycles. The van der Waals surface area contributed by atoms with E-state index in [9.17, 15) is 13.6 Å². The van der Waals surface area contributed by atoms with Gasteiger partial charge < -0.3 is 10.6 Å². The molecule has 26 heavy (non-hydrogen) atoms. The fraction of sp³-hybridized carbons (Fsp3) is 0.474. The van der Waals surface area contributed by atoms with Crippen molar-refractivity contribution in [2.45, 2.75) is 41.2 Å². The van der Waals surface area contributed by atoms with Gasteiger partial charge in [-0.15, -0.1) is 0 Å². The number of carbonyl (C=O) groups excluding carboxylic acids is 1. The average molecular weight is 364 g/mol. The van der Waals surface area contributed by atoms with Gasteiger partial charge in [-0.25, -0.2) is 13.5 Å². The highest BCUT2D eigenvalue weighted by Crippen LogP contribution is 2.20. The molecular formula is C19H26F2N4O. The average Bonchev–Trinajstić information content (AvgIpc) is 2.81. The van der Waals surface area contributed by atoms with Crippen molar-refractivity contribution in [2.75, 3.05) is 13.1 Å². The van der Waals surface area contributed by atoms with Crippen molar-refractivity contribution in [1.82, 2.24) is 20.4 Å². The summed E-state index contributed by atoms with van der Waals surface area (Å²) in [6.45, 7) is 11.0. The zero-order chi connectivity index (χ0) is 19.5. The molecule has 0 atom stereocenters. The van der Waals surface area contributed by atoms with Crippen molar-refractivity contribution in [3.63, 3.8) is 0 Å². The number of halogens is 2. The molecule has 5 nitrogen and oxygen atoms in total. The van der Waals surface area contributed by atoms with Gasteiger partial charge in [0.2, 0.25) is 5.91 Å². The summed E-state index contributed by atoms with van der Waals surface area (Å²) in [6, 6.07) is 3.44. The van der Waals surface area contributed by atoms with E-state index in [0.717, 1.165) is 23.0 Å². The van der Waals surface area contributed by atoms with Crippen molar-refractivity contribution in [3.05, 3.63) is 46.8 Å². The van der Waals surface area contributed by atoms with E-state index in [1.165, 1.54) is 16.8 Å². The summed E-state index contributed by atoms with van der Waals surface area (Å²) in [7, 11) is 0. The molecule has 7 heteroatoms. The minimum absolute atomic E-state index is 0.00580. The second-order valence-corrected chi connectivity index (χ2v) is 7.34. The molecule has 2 aromatic rings. The summed E-state index contributed by atoms with van der Waals surface area (Å²) in [5.74, 6) is -1.27. The maximum Gasteiger partial charge on any atom is 0.225 e. The summed E-state index contributed by atoms with van der Waals surface area (Å²) < 4.78 is 28.6. The van der Waals surface area contributed by atoms with Crippen molar-refractivity contribution in [2.24, 2.45) is 5.41 Å². The highest BCUT2D eigenvalue weighted by molar-refractivity contribution is 5.81. The van der Waals surface area contributed by atoms with Gasteiger partial charge in [-0.3, -0.25) is 4.79 Å². The summed E-state index contributed by atoms with van der Waals surface area (Å²) >= 11 is 0. The highest BCUT2D eigenvalue weighted by atomic mass is 19.1. The van der Waals surface area contributed by atoms with Gasteiger partial charge >= 0.3 is 0 Å². The lowest BCUT2D eigenvalue weighted by Crippen LogP contribution is -2.38. The molecule has 1 aromatic carbocycles. The number of amides is 1. The fourth-order valence-electron chi connectivity index (χ4n) is 2.56. The molecule has 1 aromatic heterocycles. The zero-order valence-electron chi connectivity index (χ0n) is 15.9. The van der Waals surface area contributed by atoms with Crippen molar-refractivity contribution >= 4 is 5.91 Å². The number of hydrogen-bond acceptors (Lipinski definition) is 3. The summed E-state index contributed by atoms with van der Waals surface area (Å²) in [4.78, 5) is 11.8. The van der Waals surface area contributed by atoms with Gasteiger partial charge in [0.1, 0.15) is 11.5 Å². The SMILES string of the molecule is Cc1nn(-c2ccc(F)cc2F)c(C)c1CNCCNC(=O)C(C)(C)C. The largest absolute Gasteiger partial charge is 0.354 e. The Bertz CT molecular complexity index is 794. The molecule has 0 bridgehead atoms. The van der Waals surface area contributed by atoms with Crippen LogP contribution in [0.15, 0.2) is 18.2 Å². The first kappa shape index (κ1) is 20.0. The van der Waals surface area contributed by atoms with Crippen molar-refractivity contribution in [3.8, 4) is 5.69 Å². The summed E-state index contributed by atoms with van der Waals surface area (Å²) in [5.41, 5.74) is 2.33. The Morgan fingerprint density at radius 1 is 1.19 bits per heavy atom. The van der Waals surface area contributed by atoms with Crippen molar-refractivity contribution in [1.29, 1.82) is 0 Å². The molecule has 142 valence electrons. The lowest BCUT2D eigenvalue weighted by atomic mass is 9.96. The fourth-order valence-corrected chi connectivity index (χ4v) is 2.56. The lowest BCUT2D eigenvalue weighted by Gasteiger charge is -2.17. The zero-order valence-corrected chi connectivity index (χ0v) is 15.9. The van der Waals surface area contributed by atoms with E-state index < -0.39 is 17.0 Å². The minimum Gasteiger partial charge on any atom is -0.354 e. The number of nitrogens with one attached hydrogen (secondary N) is 2. The third-order valence-electron chi connectivity index (χ3n) is 4.15. The monoisotopic (exact) mass is 364 g/mol. The smallest absolute Gasteiger partial charge is 0.225 e. The second-order valence-electron chi connectivity index (χ2n) is 7.34. The first-order valence-corrected chi connectivity index (χ1v) is 8.61. The van der Waals surface area contributed by atoms with Gasteiger partial charge in [0.15, 0.2) is 5.82 Å². The van der Waals surface area contributed by atoms with Gasteiger partial charge in [0, 0.05) is 42.4 Å². The van der Waals surface area contributed by atoms with Crippen LogP contribution in [0.25, 0.3) is 5.69 Å². The molecule has 0 aliphatic rings. The van der Waals surface area contributed by atoms with Gasteiger partial charge in [-0.1, -0.05) is 20.8 Å². The van der Waals surface area contributed by atoms with Crippen LogP contribution in [0, 0.1) is 30.9 Å². The molecule has 0 aliphatic heterocycles. The number of aromatic nitrogens is 2. The Morgan fingerprint density at radius 3 is 2.50 bits per heavy atom. The van der Waals surface area contributed by atoms with Gasteiger partial charge in [0.05, 0.1) is 5.69 Å². The van der Waals surface area contributed by atoms with E-state index in [1.807, 2.05) is 34.6 Å². The van der Waals surface area contributed by atoms with E-state index in [2.05, 4.69) is 15.7 Å². The van der Waals surface area contributed by atoms with Crippen LogP contribution < -0.4 is 10.6 Å². The molecular weight excluding hydrogens is 338 g/mol. The first-order valence-electron chi connectivity index (χ1n) is 8.61. The third kappa shape index (κ3) is 4.66. The maximum absolute atomic E-state index is 14.0. The summed E-state index contributed by atoms with van der Waals surface area (Å²) in [6.07, 6.45) is 0. The Kier molecular flexibility index (Phi) is 6.13. The maximum atomic E-state index is 14.0. The predicted molar refractivity (Wildman–Crippen MR) is 97.1 cm³/mol. The Labute approximate surface area is 152 Å². The van der Waals surface area contributed by atoms with Crippen LogP contribution in [0.5, 0.6) is 0 Å². The summed E-state index contributed by atoms with van der Waals surface area (Å²) in [5, 5.41) is 10.5. The van der Waals surface area contributed by atoms with E-state index in [0.29, 0.717) is 19.6 Å². The number of aryl methyl sites for hydroxylation is 1. The molecule has 0 unspecified atom stereocenters. The molecule has 0 spiro atoms. The molecule has 0 radical (unpaired) electrons. The van der Waals surface area contributed by atoms with Crippen LogP contribution in [-0.4, -0.2) is 28.8 Å². The lowest BCUT2D eigenvalue weighted by molar-refractivity contribution is -0.128. The van der Waals surface area contributed by atoms with E-state index in [1.54, 1.807) is 0 Å². The standard InChI is InChI=1S/C19H26F2N4O/c1-12-15(11-22-8-9-23-18(26)19(3,4)5)13(2)25(24-12)17-7-6-14(20)10-16(17)21/h6-7,10,22H,8-9,11H2,1-5H3,(H,23,26). The second kappa shape index (κ2) is 7.95. The molecule has 1 amide bonds. The minimum atomic E-state index is -0.653. The van der Waals surface area contributed by atoms with Gasteiger partial charge in [-0.05, 0) is 26.0 Å². The van der Waals surface area contributed by atoms with E-state index >= 15 is 0 Å². The predicted octanol–water partition coefficient (Wildman–Crippen LogP) is 3.02. The van der Waals surface area contributed by atoms with Crippen LogP contribution >= 0.6 is 0 Å². The Hall–Kier alpha value is -2.28. The Balaban J connectivity index is 1.99. The van der Waals surface area contributed by atoms with Crippen LogP contribution in [0.1, 0.15) is 37.7 Å². The number of hydrogen-bond donors (Lipinski definition) is 2. The van der Waals surface area contributed by atoms with Crippen LogP contribution in [0.2, 0.25) is 0 Å². The quantitative estimate of drug-likeness (QED) is 0.775. The Morgan fingerprint density at radius 2 is 1.88 bits per heavy atom. The number of nitrogens with zero attached hydrogens (tertiary/aromatic N) is 2. The topological polar surface area (TPSA) is 59.0 Å².